The summed E-state index contributed by atoms with van der Waals surface area (Å²) < 4.78 is 20.4. The number of rotatable bonds is 7. The zero-order chi connectivity index (χ0) is 25.4. The third-order valence-electron chi connectivity index (χ3n) is 6.75. The molecule has 5 aromatic rings. The van der Waals surface area contributed by atoms with Crippen LogP contribution in [0.4, 0.5) is 4.39 Å². The number of hydrogen-bond acceptors (Lipinski definition) is 5. The van der Waals surface area contributed by atoms with Crippen LogP contribution in [0.15, 0.2) is 60.8 Å². The van der Waals surface area contributed by atoms with Gasteiger partial charge in [0.1, 0.15) is 23.9 Å². The summed E-state index contributed by atoms with van der Waals surface area (Å²) in [6.07, 6.45) is 5.00. The van der Waals surface area contributed by atoms with Gasteiger partial charge in [0.2, 0.25) is 0 Å². The highest BCUT2D eigenvalue weighted by molar-refractivity contribution is 6.00. The van der Waals surface area contributed by atoms with Gasteiger partial charge in [0.05, 0.1) is 16.9 Å². The van der Waals surface area contributed by atoms with Gasteiger partial charge in [0, 0.05) is 47.2 Å². The molecule has 7 nitrogen and oxygen atoms in total. The molecule has 6 rings (SSSR count). The van der Waals surface area contributed by atoms with Crippen molar-refractivity contribution in [2.24, 2.45) is 0 Å². The first-order chi connectivity index (χ1) is 18.0. The quantitative estimate of drug-likeness (QED) is 0.288. The Morgan fingerprint density at radius 2 is 1.86 bits per heavy atom. The summed E-state index contributed by atoms with van der Waals surface area (Å²) >= 11 is 0. The predicted octanol–water partition coefficient (Wildman–Crippen LogP) is 5.23. The minimum atomic E-state index is -0.357. The summed E-state index contributed by atoms with van der Waals surface area (Å²) in [6.45, 7) is 3.10. The van der Waals surface area contributed by atoms with Crippen molar-refractivity contribution < 1.29 is 9.13 Å². The van der Waals surface area contributed by atoms with E-state index in [0.29, 0.717) is 23.6 Å². The first kappa shape index (κ1) is 23.4. The average molecular weight is 497 g/mol. The molecule has 37 heavy (non-hydrogen) atoms. The fourth-order valence-electron chi connectivity index (χ4n) is 4.84. The van der Waals surface area contributed by atoms with Crippen LogP contribution in [0.25, 0.3) is 50.0 Å². The largest absolute Gasteiger partial charge is 0.492 e. The molecule has 0 radical (unpaired) electrons. The lowest BCUT2D eigenvalue weighted by Gasteiger charge is -2.14. The summed E-state index contributed by atoms with van der Waals surface area (Å²) in [7, 11) is 3.95. The van der Waals surface area contributed by atoms with Crippen LogP contribution in [0.2, 0.25) is 0 Å². The molecule has 0 aliphatic carbocycles. The monoisotopic (exact) mass is 496 g/mol. The van der Waals surface area contributed by atoms with E-state index in [4.69, 9.17) is 4.74 Å². The second kappa shape index (κ2) is 9.80. The molecule has 0 atom stereocenters. The van der Waals surface area contributed by atoms with Gasteiger partial charge in [-0.2, -0.15) is 5.10 Å². The Bertz CT molecular complexity index is 1620. The molecular weight excluding hydrogens is 467 g/mol. The van der Waals surface area contributed by atoms with Crippen molar-refractivity contribution in [2.45, 2.75) is 6.42 Å². The Hall–Kier alpha value is -4.01. The van der Waals surface area contributed by atoms with Crippen LogP contribution >= 0.6 is 0 Å². The molecule has 0 fully saturated rings. The van der Waals surface area contributed by atoms with Crippen molar-refractivity contribution >= 4 is 27.4 Å². The normalized spacial score (nSPS) is 14.0. The highest BCUT2D eigenvalue weighted by atomic mass is 19.1. The fraction of sp³-hybridized carbons (Fsp3) is 0.241. The molecule has 4 heterocycles. The number of pyridine rings is 1. The predicted molar refractivity (Wildman–Crippen MR) is 146 cm³/mol. The number of H-pyrrole nitrogens is 2. The Kier molecular flexibility index (Phi) is 6.20. The number of likely N-dealkylation sites (N-methyl/N-ethyl adjacent to an activating group) is 1. The molecule has 1 aliphatic rings. The van der Waals surface area contributed by atoms with Gasteiger partial charge < -0.3 is 19.9 Å². The summed E-state index contributed by atoms with van der Waals surface area (Å²) in [5.41, 5.74) is 7.55. The van der Waals surface area contributed by atoms with Gasteiger partial charge in [-0.1, -0.05) is 12.1 Å². The number of fused-ring (bicyclic) bond motifs is 2. The van der Waals surface area contributed by atoms with Crippen molar-refractivity contribution in [1.82, 2.24) is 30.4 Å². The van der Waals surface area contributed by atoms with Gasteiger partial charge >= 0.3 is 0 Å². The average Bonchev–Trinajstić information content (AvgIpc) is 3.52. The van der Waals surface area contributed by atoms with Gasteiger partial charge in [0.15, 0.2) is 0 Å². The van der Waals surface area contributed by atoms with Gasteiger partial charge in [-0.3, -0.25) is 10.1 Å². The molecule has 0 spiro atoms. The van der Waals surface area contributed by atoms with E-state index in [1.54, 1.807) is 6.20 Å². The maximum atomic E-state index is 14.5. The summed E-state index contributed by atoms with van der Waals surface area (Å²) in [5, 5.41) is 13.1. The maximum absolute atomic E-state index is 14.5. The fourth-order valence-corrected chi connectivity index (χ4v) is 4.84. The molecule has 0 amide bonds. The number of halogens is 1. The minimum Gasteiger partial charge on any atom is -0.492 e. The van der Waals surface area contributed by atoms with E-state index in [0.717, 1.165) is 59.2 Å². The van der Waals surface area contributed by atoms with Crippen molar-refractivity contribution in [2.75, 3.05) is 40.3 Å². The number of ether oxygens (including phenoxy) is 1. The van der Waals surface area contributed by atoms with Gasteiger partial charge in [-0.05, 0) is 74.6 Å². The van der Waals surface area contributed by atoms with Crippen LogP contribution in [0.5, 0.6) is 5.75 Å². The third kappa shape index (κ3) is 4.73. The lowest BCUT2D eigenvalue weighted by molar-refractivity contribution is 0.260. The van der Waals surface area contributed by atoms with E-state index in [1.165, 1.54) is 23.3 Å². The number of nitrogens with one attached hydrogen (secondary N) is 3. The molecule has 188 valence electrons. The van der Waals surface area contributed by atoms with E-state index in [1.807, 2.05) is 37.2 Å². The first-order valence-electron chi connectivity index (χ1n) is 12.5. The van der Waals surface area contributed by atoms with Gasteiger partial charge in [-0.25, -0.2) is 4.39 Å². The SMILES string of the molecule is CN(C)CCOc1cc(F)cc(-c2nccc3[nH]c(-c4n[nH]c5ccc(C6=CCNCC6)cc45)cc23)c1. The smallest absolute Gasteiger partial charge is 0.127 e. The number of aromatic nitrogens is 4. The van der Waals surface area contributed by atoms with Crippen molar-refractivity contribution in [3.05, 3.63) is 72.2 Å². The summed E-state index contributed by atoms with van der Waals surface area (Å²) in [4.78, 5) is 10.1. The molecule has 0 saturated heterocycles. The van der Waals surface area contributed by atoms with E-state index < -0.39 is 0 Å². The first-order valence-corrected chi connectivity index (χ1v) is 12.5. The number of aromatic amines is 2. The second-order valence-electron chi connectivity index (χ2n) is 9.65. The Morgan fingerprint density at radius 1 is 0.973 bits per heavy atom. The van der Waals surface area contributed by atoms with Crippen LogP contribution < -0.4 is 10.1 Å². The highest BCUT2D eigenvalue weighted by Crippen LogP contribution is 2.35. The zero-order valence-corrected chi connectivity index (χ0v) is 20.9. The van der Waals surface area contributed by atoms with Gasteiger partial charge in [0.25, 0.3) is 0 Å². The Balaban J connectivity index is 1.39. The summed E-state index contributed by atoms with van der Waals surface area (Å²) in [5.74, 6) is 0.134. The maximum Gasteiger partial charge on any atom is 0.127 e. The van der Waals surface area contributed by atoms with E-state index in [-0.39, 0.29) is 5.82 Å². The molecular formula is C29H29FN6O. The third-order valence-corrected chi connectivity index (χ3v) is 6.75. The lowest BCUT2D eigenvalue weighted by Crippen LogP contribution is -2.19. The molecule has 3 N–H and O–H groups in total. The minimum absolute atomic E-state index is 0.357. The molecule has 0 saturated carbocycles. The van der Waals surface area contributed by atoms with E-state index >= 15 is 0 Å². The van der Waals surface area contributed by atoms with Crippen molar-refractivity contribution in [3.63, 3.8) is 0 Å². The number of hydrogen-bond donors (Lipinski definition) is 3. The topological polar surface area (TPSA) is 81.9 Å². The molecule has 1 aliphatic heterocycles. The van der Waals surface area contributed by atoms with E-state index in [2.05, 4.69) is 49.8 Å². The lowest BCUT2D eigenvalue weighted by atomic mass is 9.98. The van der Waals surface area contributed by atoms with Crippen molar-refractivity contribution in [3.8, 4) is 28.4 Å². The van der Waals surface area contributed by atoms with Crippen LogP contribution in [0.3, 0.4) is 0 Å². The van der Waals surface area contributed by atoms with Crippen LogP contribution in [-0.2, 0) is 0 Å². The molecule has 3 aromatic heterocycles. The standard InChI is InChI=1S/C29H29FN6O/c1-36(2)11-12-37-22-14-20(13-21(30)16-22)28-24-17-27(33-25(24)7-10-32-28)29-23-15-19(3-4-26(23)34-35-29)18-5-8-31-9-6-18/h3-5,7,10,13-17,31,33H,6,8-9,11-12H2,1-2H3,(H,34,35). The Labute approximate surface area is 214 Å². The second-order valence-corrected chi connectivity index (χ2v) is 9.65. The summed E-state index contributed by atoms with van der Waals surface area (Å²) in [6, 6.07) is 15.2. The van der Waals surface area contributed by atoms with Crippen LogP contribution in [0.1, 0.15) is 12.0 Å². The highest BCUT2D eigenvalue weighted by Gasteiger charge is 2.16. The molecule has 8 heteroatoms. The molecule has 0 unspecified atom stereocenters. The Morgan fingerprint density at radius 3 is 2.70 bits per heavy atom. The molecule has 0 bridgehead atoms. The number of nitrogens with zero attached hydrogens (tertiary/aromatic N) is 3. The van der Waals surface area contributed by atoms with Crippen molar-refractivity contribution in [1.29, 1.82) is 0 Å². The van der Waals surface area contributed by atoms with Crippen LogP contribution in [0, 0.1) is 5.82 Å². The van der Waals surface area contributed by atoms with Gasteiger partial charge in [-0.15, -0.1) is 0 Å². The number of benzene rings is 2. The van der Waals surface area contributed by atoms with E-state index in [9.17, 15) is 4.39 Å². The molecule has 2 aromatic carbocycles. The zero-order valence-electron chi connectivity index (χ0n) is 20.9. The van der Waals surface area contributed by atoms with Crippen LogP contribution in [-0.4, -0.2) is 65.4 Å².